The van der Waals surface area contributed by atoms with Crippen molar-refractivity contribution in [2.45, 2.75) is 38.3 Å². The number of aliphatic hydroxyl groups excluding tert-OH is 1. The molecule has 0 aromatic carbocycles. The van der Waals surface area contributed by atoms with E-state index in [-0.39, 0.29) is 18.7 Å². The van der Waals surface area contributed by atoms with Crippen molar-refractivity contribution in [1.29, 1.82) is 0 Å². The van der Waals surface area contributed by atoms with Crippen LogP contribution in [0.5, 0.6) is 0 Å². The highest BCUT2D eigenvalue weighted by Crippen LogP contribution is 2.25. The average molecular weight is 235 g/mol. The second kappa shape index (κ2) is 5.47. The summed E-state index contributed by atoms with van der Waals surface area (Å²) < 4.78 is 0. The monoisotopic (exact) mass is 235 g/mol. The van der Waals surface area contributed by atoms with Crippen LogP contribution in [0.4, 0.5) is 5.69 Å². The van der Waals surface area contributed by atoms with E-state index in [1.807, 2.05) is 12.3 Å². The molecule has 0 amide bonds. The van der Waals surface area contributed by atoms with Crippen molar-refractivity contribution in [3.63, 3.8) is 0 Å². The van der Waals surface area contributed by atoms with Crippen molar-refractivity contribution in [3.05, 3.63) is 24.0 Å². The molecule has 2 atom stereocenters. The van der Waals surface area contributed by atoms with Crippen LogP contribution in [0.3, 0.4) is 0 Å². The summed E-state index contributed by atoms with van der Waals surface area (Å²) in [5.74, 6) is 0. The van der Waals surface area contributed by atoms with Gasteiger partial charge >= 0.3 is 0 Å². The summed E-state index contributed by atoms with van der Waals surface area (Å²) in [6.45, 7) is 3.28. The average Bonchev–Trinajstić information content (AvgIpc) is 2.86. The van der Waals surface area contributed by atoms with E-state index in [0.717, 1.165) is 37.2 Å². The number of rotatable bonds is 4. The molecule has 1 saturated heterocycles. The second-order valence-electron chi connectivity index (χ2n) is 4.63. The predicted molar refractivity (Wildman–Crippen MR) is 68.9 cm³/mol. The molecule has 94 valence electrons. The molecule has 1 aromatic rings. The van der Waals surface area contributed by atoms with Gasteiger partial charge in [0, 0.05) is 12.6 Å². The molecule has 0 bridgehead atoms. The lowest BCUT2D eigenvalue weighted by molar-refractivity contribution is 0.266. The zero-order chi connectivity index (χ0) is 12.3. The first-order valence-corrected chi connectivity index (χ1v) is 6.35. The van der Waals surface area contributed by atoms with Gasteiger partial charge < -0.3 is 15.7 Å². The normalized spacial score (nSPS) is 21.8. The largest absolute Gasteiger partial charge is 0.394 e. The SMILES string of the molecule is CC[C@H](N)c1ccc(N2CCCC2CO)cn1. The summed E-state index contributed by atoms with van der Waals surface area (Å²) in [6.07, 6.45) is 4.97. The van der Waals surface area contributed by atoms with Gasteiger partial charge in [-0.05, 0) is 31.4 Å². The van der Waals surface area contributed by atoms with Gasteiger partial charge in [0.1, 0.15) is 0 Å². The fourth-order valence-electron chi connectivity index (χ4n) is 2.36. The number of anilines is 1. The Bertz CT molecular complexity index is 352. The number of aliphatic hydroxyl groups is 1. The Morgan fingerprint density at radius 1 is 1.59 bits per heavy atom. The molecule has 4 nitrogen and oxygen atoms in total. The molecule has 1 aliphatic heterocycles. The highest BCUT2D eigenvalue weighted by Gasteiger charge is 2.24. The number of nitrogens with two attached hydrogens (primary N) is 1. The van der Waals surface area contributed by atoms with Crippen LogP contribution in [0.1, 0.15) is 37.9 Å². The molecule has 2 heterocycles. The molecule has 3 N–H and O–H groups in total. The fourth-order valence-corrected chi connectivity index (χ4v) is 2.36. The second-order valence-corrected chi connectivity index (χ2v) is 4.63. The molecule has 1 aromatic heterocycles. The Hall–Kier alpha value is -1.13. The summed E-state index contributed by atoms with van der Waals surface area (Å²) in [7, 11) is 0. The first-order chi connectivity index (χ1) is 8.26. The summed E-state index contributed by atoms with van der Waals surface area (Å²) in [5, 5.41) is 9.30. The van der Waals surface area contributed by atoms with Gasteiger partial charge in [0.15, 0.2) is 0 Å². The third kappa shape index (κ3) is 2.58. The Morgan fingerprint density at radius 2 is 2.41 bits per heavy atom. The Labute approximate surface area is 102 Å². The van der Waals surface area contributed by atoms with E-state index < -0.39 is 0 Å². The maximum atomic E-state index is 9.30. The number of aromatic nitrogens is 1. The van der Waals surface area contributed by atoms with Gasteiger partial charge in [0.2, 0.25) is 0 Å². The van der Waals surface area contributed by atoms with Crippen LogP contribution < -0.4 is 10.6 Å². The quantitative estimate of drug-likeness (QED) is 0.829. The molecule has 1 unspecified atom stereocenters. The zero-order valence-electron chi connectivity index (χ0n) is 10.3. The topological polar surface area (TPSA) is 62.4 Å². The van der Waals surface area contributed by atoms with E-state index in [1.54, 1.807) is 0 Å². The zero-order valence-corrected chi connectivity index (χ0v) is 10.3. The number of hydrogen-bond acceptors (Lipinski definition) is 4. The third-order valence-electron chi connectivity index (χ3n) is 3.51. The summed E-state index contributed by atoms with van der Waals surface area (Å²) in [6, 6.07) is 4.33. The molecule has 17 heavy (non-hydrogen) atoms. The lowest BCUT2D eigenvalue weighted by Crippen LogP contribution is -2.32. The van der Waals surface area contributed by atoms with Gasteiger partial charge in [-0.15, -0.1) is 0 Å². The van der Waals surface area contributed by atoms with Crippen molar-refractivity contribution < 1.29 is 5.11 Å². The third-order valence-corrected chi connectivity index (χ3v) is 3.51. The van der Waals surface area contributed by atoms with Crippen LogP contribution in [0, 0.1) is 0 Å². The number of pyridine rings is 1. The lowest BCUT2D eigenvalue weighted by atomic mass is 10.1. The molecule has 0 spiro atoms. The van der Waals surface area contributed by atoms with Crippen molar-refractivity contribution in [2.24, 2.45) is 5.73 Å². The maximum absolute atomic E-state index is 9.30. The molecule has 1 fully saturated rings. The fraction of sp³-hybridized carbons (Fsp3) is 0.615. The van der Waals surface area contributed by atoms with Gasteiger partial charge in [-0.2, -0.15) is 0 Å². The van der Waals surface area contributed by atoms with Crippen LogP contribution in [-0.4, -0.2) is 29.3 Å². The van der Waals surface area contributed by atoms with E-state index in [4.69, 9.17) is 5.73 Å². The Morgan fingerprint density at radius 3 is 3.00 bits per heavy atom. The Kier molecular flexibility index (Phi) is 3.97. The summed E-state index contributed by atoms with van der Waals surface area (Å²) >= 11 is 0. The number of hydrogen-bond donors (Lipinski definition) is 2. The van der Waals surface area contributed by atoms with Crippen LogP contribution in [0.25, 0.3) is 0 Å². The van der Waals surface area contributed by atoms with Gasteiger partial charge in [0.25, 0.3) is 0 Å². The van der Waals surface area contributed by atoms with Gasteiger partial charge in [0.05, 0.1) is 30.2 Å². The first kappa shape index (κ1) is 12.3. The lowest BCUT2D eigenvalue weighted by Gasteiger charge is -2.25. The smallest absolute Gasteiger partial charge is 0.0635 e. The minimum atomic E-state index is 0.0243. The Balaban J connectivity index is 2.12. The summed E-state index contributed by atoms with van der Waals surface area (Å²) in [4.78, 5) is 6.64. The van der Waals surface area contributed by atoms with Crippen molar-refractivity contribution in [1.82, 2.24) is 4.98 Å². The van der Waals surface area contributed by atoms with Gasteiger partial charge in [-0.3, -0.25) is 4.98 Å². The number of nitrogens with zero attached hydrogens (tertiary/aromatic N) is 2. The molecule has 4 heteroatoms. The maximum Gasteiger partial charge on any atom is 0.0635 e. The van der Waals surface area contributed by atoms with E-state index in [2.05, 4.69) is 22.9 Å². The standard InChI is InChI=1S/C13H21N3O/c1-2-12(14)13-6-5-10(8-15-13)16-7-3-4-11(16)9-17/h5-6,8,11-12,17H,2-4,7,9,14H2,1H3/t11?,12-/m0/s1. The van der Waals surface area contributed by atoms with Gasteiger partial charge in [-0.25, -0.2) is 0 Å². The molecular formula is C13H21N3O. The van der Waals surface area contributed by atoms with E-state index in [9.17, 15) is 5.11 Å². The predicted octanol–water partition coefficient (Wildman–Crippen LogP) is 1.45. The first-order valence-electron chi connectivity index (χ1n) is 6.35. The van der Waals surface area contributed by atoms with Crippen molar-refractivity contribution in [3.8, 4) is 0 Å². The highest BCUT2D eigenvalue weighted by atomic mass is 16.3. The van der Waals surface area contributed by atoms with E-state index in [0.29, 0.717) is 0 Å². The minimum Gasteiger partial charge on any atom is -0.394 e. The van der Waals surface area contributed by atoms with Crippen LogP contribution >= 0.6 is 0 Å². The van der Waals surface area contributed by atoms with Crippen molar-refractivity contribution >= 4 is 5.69 Å². The highest BCUT2D eigenvalue weighted by molar-refractivity contribution is 5.47. The molecular weight excluding hydrogens is 214 g/mol. The van der Waals surface area contributed by atoms with E-state index in [1.165, 1.54) is 0 Å². The van der Waals surface area contributed by atoms with Gasteiger partial charge in [-0.1, -0.05) is 6.92 Å². The molecule has 0 radical (unpaired) electrons. The van der Waals surface area contributed by atoms with E-state index >= 15 is 0 Å². The molecule has 1 aliphatic rings. The minimum absolute atomic E-state index is 0.0243. The van der Waals surface area contributed by atoms with Crippen molar-refractivity contribution in [2.75, 3.05) is 18.1 Å². The van der Waals surface area contributed by atoms with Crippen LogP contribution in [0.15, 0.2) is 18.3 Å². The van der Waals surface area contributed by atoms with Crippen LogP contribution in [0.2, 0.25) is 0 Å². The van der Waals surface area contributed by atoms with Crippen LogP contribution in [-0.2, 0) is 0 Å². The molecule has 0 aliphatic carbocycles. The summed E-state index contributed by atoms with van der Waals surface area (Å²) in [5.41, 5.74) is 7.97. The molecule has 2 rings (SSSR count). The molecule has 0 saturated carbocycles.